The highest BCUT2D eigenvalue weighted by Gasteiger charge is 2.31. The number of nitrogens with one attached hydrogen (secondary N) is 1. The molecule has 0 spiro atoms. The van der Waals surface area contributed by atoms with Gasteiger partial charge in [0.1, 0.15) is 0 Å². The molecule has 2 fully saturated rings. The van der Waals surface area contributed by atoms with E-state index in [1.165, 1.54) is 6.42 Å². The average molecular weight is 254 g/mol. The highest BCUT2D eigenvalue weighted by molar-refractivity contribution is 5.79. The maximum atomic E-state index is 12.5. The Morgan fingerprint density at radius 1 is 1.44 bits per heavy atom. The molecule has 0 aliphatic carbocycles. The lowest BCUT2D eigenvalue weighted by Gasteiger charge is -2.36. The predicted molar refractivity (Wildman–Crippen MR) is 71.4 cm³/mol. The van der Waals surface area contributed by atoms with Gasteiger partial charge in [-0.25, -0.2) is 0 Å². The fourth-order valence-electron chi connectivity index (χ4n) is 3.25. The zero-order valence-electron chi connectivity index (χ0n) is 11.7. The molecule has 0 saturated carbocycles. The molecule has 0 bridgehead atoms. The third kappa shape index (κ3) is 3.45. The topological polar surface area (TPSA) is 41.6 Å². The van der Waals surface area contributed by atoms with Gasteiger partial charge in [-0.2, -0.15) is 0 Å². The van der Waals surface area contributed by atoms with Crippen LogP contribution < -0.4 is 5.32 Å². The van der Waals surface area contributed by atoms with Gasteiger partial charge < -0.3 is 15.0 Å². The van der Waals surface area contributed by atoms with Gasteiger partial charge in [-0.1, -0.05) is 0 Å². The lowest BCUT2D eigenvalue weighted by atomic mass is 9.90. The molecule has 18 heavy (non-hydrogen) atoms. The molecular weight excluding hydrogens is 228 g/mol. The van der Waals surface area contributed by atoms with Gasteiger partial charge in [0.25, 0.3) is 0 Å². The molecule has 0 aromatic rings. The summed E-state index contributed by atoms with van der Waals surface area (Å²) >= 11 is 0. The van der Waals surface area contributed by atoms with Crippen LogP contribution in [0, 0.1) is 11.8 Å². The van der Waals surface area contributed by atoms with E-state index in [0.29, 0.717) is 17.9 Å². The Balaban J connectivity index is 1.87. The quantitative estimate of drug-likeness (QED) is 0.824. The molecule has 1 N–H and O–H groups in total. The summed E-state index contributed by atoms with van der Waals surface area (Å²) < 4.78 is 5.22. The Bertz CT molecular complexity index is 281. The summed E-state index contributed by atoms with van der Waals surface area (Å²) in [5.74, 6) is 1.15. The Kier molecular flexibility index (Phi) is 5.01. The number of ether oxygens (including phenoxy) is 1. The Morgan fingerprint density at radius 3 is 3.00 bits per heavy atom. The summed E-state index contributed by atoms with van der Waals surface area (Å²) in [5.41, 5.74) is 0. The maximum absolute atomic E-state index is 12.5. The number of carbonyl (C=O) groups is 1. The SMILES string of the molecule is COCC1CCCN(C(=O)C2CCNC(C)C2)C1. The highest BCUT2D eigenvalue weighted by atomic mass is 16.5. The van der Waals surface area contributed by atoms with Crippen molar-refractivity contribution in [3.63, 3.8) is 0 Å². The van der Waals surface area contributed by atoms with Gasteiger partial charge in [-0.05, 0) is 45.1 Å². The van der Waals surface area contributed by atoms with Crippen LogP contribution in [-0.4, -0.2) is 50.2 Å². The van der Waals surface area contributed by atoms with E-state index < -0.39 is 0 Å². The second-order valence-electron chi connectivity index (χ2n) is 5.82. The molecule has 104 valence electrons. The van der Waals surface area contributed by atoms with Crippen molar-refractivity contribution in [1.29, 1.82) is 0 Å². The van der Waals surface area contributed by atoms with Crippen LogP contribution in [0.3, 0.4) is 0 Å². The van der Waals surface area contributed by atoms with E-state index in [4.69, 9.17) is 4.74 Å². The summed E-state index contributed by atoms with van der Waals surface area (Å²) in [7, 11) is 1.75. The van der Waals surface area contributed by atoms with Gasteiger partial charge in [0, 0.05) is 32.2 Å². The summed E-state index contributed by atoms with van der Waals surface area (Å²) in [6.07, 6.45) is 4.30. The van der Waals surface area contributed by atoms with E-state index in [1.54, 1.807) is 7.11 Å². The van der Waals surface area contributed by atoms with Crippen molar-refractivity contribution in [2.24, 2.45) is 11.8 Å². The molecule has 4 nitrogen and oxygen atoms in total. The molecule has 3 atom stereocenters. The lowest BCUT2D eigenvalue weighted by molar-refractivity contribution is -0.139. The Hall–Kier alpha value is -0.610. The van der Waals surface area contributed by atoms with Gasteiger partial charge >= 0.3 is 0 Å². The van der Waals surface area contributed by atoms with Crippen molar-refractivity contribution in [2.45, 2.75) is 38.6 Å². The van der Waals surface area contributed by atoms with E-state index in [0.717, 1.165) is 45.5 Å². The van der Waals surface area contributed by atoms with Crippen molar-refractivity contribution in [3.05, 3.63) is 0 Å². The average Bonchev–Trinajstić information content (AvgIpc) is 2.39. The number of rotatable bonds is 3. The lowest BCUT2D eigenvalue weighted by Crippen LogP contribution is -2.47. The Labute approximate surface area is 110 Å². The van der Waals surface area contributed by atoms with Crippen molar-refractivity contribution in [1.82, 2.24) is 10.2 Å². The summed E-state index contributed by atoms with van der Waals surface area (Å²) in [6.45, 7) is 5.77. The van der Waals surface area contributed by atoms with Crippen LogP contribution in [0.15, 0.2) is 0 Å². The number of likely N-dealkylation sites (tertiary alicyclic amines) is 1. The molecule has 1 amide bonds. The molecule has 4 heteroatoms. The first kappa shape index (κ1) is 13.8. The van der Waals surface area contributed by atoms with E-state index in [2.05, 4.69) is 17.1 Å². The van der Waals surface area contributed by atoms with Crippen molar-refractivity contribution in [2.75, 3.05) is 33.4 Å². The number of amides is 1. The second kappa shape index (κ2) is 6.53. The first-order chi connectivity index (χ1) is 8.70. The van der Waals surface area contributed by atoms with Crippen LogP contribution in [0.5, 0.6) is 0 Å². The minimum absolute atomic E-state index is 0.238. The van der Waals surface area contributed by atoms with Gasteiger partial charge in [0.15, 0.2) is 0 Å². The summed E-state index contributed by atoms with van der Waals surface area (Å²) in [5, 5.41) is 3.41. The fourth-order valence-corrected chi connectivity index (χ4v) is 3.25. The van der Waals surface area contributed by atoms with Crippen molar-refractivity contribution >= 4 is 5.91 Å². The number of piperidine rings is 2. The zero-order valence-corrected chi connectivity index (χ0v) is 11.7. The highest BCUT2D eigenvalue weighted by Crippen LogP contribution is 2.23. The summed E-state index contributed by atoms with van der Waals surface area (Å²) in [4.78, 5) is 14.6. The molecule has 2 aliphatic rings. The van der Waals surface area contributed by atoms with Crippen molar-refractivity contribution in [3.8, 4) is 0 Å². The number of hydrogen-bond donors (Lipinski definition) is 1. The van der Waals surface area contributed by atoms with Crippen LogP contribution >= 0.6 is 0 Å². The van der Waals surface area contributed by atoms with Crippen LogP contribution in [0.2, 0.25) is 0 Å². The third-order valence-electron chi connectivity index (χ3n) is 4.21. The van der Waals surface area contributed by atoms with Gasteiger partial charge in [-0.3, -0.25) is 4.79 Å². The predicted octanol–water partition coefficient (Wildman–Crippen LogP) is 1.26. The largest absolute Gasteiger partial charge is 0.384 e. The monoisotopic (exact) mass is 254 g/mol. The molecule has 0 aromatic carbocycles. The van der Waals surface area contributed by atoms with Gasteiger partial charge in [-0.15, -0.1) is 0 Å². The molecule has 2 aliphatic heterocycles. The number of carbonyl (C=O) groups excluding carboxylic acids is 1. The number of nitrogens with zero attached hydrogens (tertiary/aromatic N) is 1. The molecule has 3 unspecified atom stereocenters. The first-order valence-electron chi connectivity index (χ1n) is 7.21. The van der Waals surface area contributed by atoms with Crippen LogP contribution in [0.25, 0.3) is 0 Å². The first-order valence-corrected chi connectivity index (χ1v) is 7.21. The van der Waals surface area contributed by atoms with Crippen LogP contribution in [0.1, 0.15) is 32.6 Å². The minimum atomic E-state index is 0.238. The number of hydrogen-bond acceptors (Lipinski definition) is 3. The van der Waals surface area contributed by atoms with Crippen LogP contribution in [-0.2, 0) is 9.53 Å². The molecule has 2 rings (SSSR count). The molecule has 2 saturated heterocycles. The van der Waals surface area contributed by atoms with E-state index >= 15 is 0 Å². The third-order valence-corrected chi connectivity index (χ3v) is 4.21. The standard InChI is InChI=1S/C14H26N2O2/c1-11-8-13(5-6-15-11)14(17)16-7-3-4-12(9-16)10-18-2/h11-13,15H,3-10H2,1-2H3. The number of methoxy groups -OCH3 is 1. The van der Waals surface area contributed by atoms with E-state index in [-0.39, 0.29) is 5.92 Å². The van der Waals surface area contributed by atoms with Gasteiger partial charge in [0.05, 0.1) is 6.61 Å². The Morgan fingerprint density at radius 2 is 2.28 bits per heavy atom. The normalized spacial score (nSPS) is 33.4. The van der Waals surface area contributed by atoms with Gasteiger partial charge in [0.2, 0.25) is 5.91 Å². The molecule has 2 heterocycles. The van der Waals surface area contributed by atoms with Crippen molar-refractivity contribution < 1.29 is 9.53 Å². The van der Waals surface area contributed by atoms with Crippen LogP contribution in [0.4, 0.5) is 0 Å². The van der Waals surface area contributed by atoms with E-state index in [1.807, 2.05) is 0 Å². The second-order valence-corrected chi connectivity index (χ2v) is 5.82. The minimum Gasteiger partial charge on any atom is -0.384 e. The molecule has 0 radical (unpaired) electrons. The molecule has 0 aromatic heterocycles. The fraction of sp³-hybridized carbons (Fsp3) is 0.929. The zero-order chi connectivity index (χ0) is 13.0. The smallest absolute Gasteiger partial charge is 0.225 e. The molecular formula is C14H26N2O2. The van der Waals surface area contributed by atoms with E-state index in [9.17, 15) is 4.79 Å². The summed E-state index contributed by atoms with van der Waals surface area (Å²) in [6, 6.07) is 0.479. The maximum Gasteiger partial charge on any atom is 0.225 e.